The molecule has 0 aliphatic carbocycles. The van der Waals surface area contributed by atoms with Crippen LogP contribution in [-0.4, -0.2) is 12.6 Å². The van der Waals surface area contributed by atoms with Crippen LogP contribution in [0.4, 0.5) is 0 Å². The number of carbonyl (C=O) groups is 1. The van der Waals surface area contributed by atoms with E-state index in [-0.39, 0.29) is 5.97 Å². The maximum Gasteiger partial charge on any atom is 0.333 e. The fourth-order valence-electron chi connectivity index (χ4n) is 0.807. The van der Waals surface area contributed by atoms with Crippen LogP contribution in [0.25, 0.3) is 0 Å². The van der Waals surface area contributed by atoms with E-state index in [2.05, 4.69) is 15.9 Å². The van der Waals surface area contributed by atoms with Gasteiger partial charge in [0, 0.05) is 5.57 Å². The number of esters is 1. The molecule has 0 unspecified atom stereocenters. The molecule has 13 heavy (non-hydrogen) atoms. The third-order valence-corrected chi connectivity index (χ3v) is 1.82. The highest BCUT2D eigenvalue weighted by Gasteiger charge is 2.06. The Morgan fingerprint density at radius 2 is 1.92 bits per heavy atom. The average Bonchev–Trinajstić information content (AvgIpc) is 2.02. The molecule has 0 aromatic rings. The Bertz CT molecular complexity index is 248. The van der Waals surface area contributed by atoms with E-state index in [1.165, 1.54) is 0 Å². The first kappa shape index (κ1) is 12.4. The van der Waals surface area contributed by atoms with Crippen LogP contribution >= 0.6 is 15.9 Å². The third kappa shape index (κ3) is 4.88. The number of hydrogen-bond acceptors (Lipinski definition) is 2. The second-order valence-electron chi connectivity index (χ2n) is 2.76. The smallest absolute Gasteiger partial charge is 0.333 e. The molecule has 0 saturated heterocycles. The zero-order valence-electron chi connectivity index (χ0n) is 8.48. The number of rotatable bonds is 3. The van der Waals surface area contributed by atoms with Gasteiger partial charge in [-0.25, -0.2) is 4.79 Å². The van der Waals surface area contributed by atoms with Crippen molar-refractivity contribution in [2.75, 3.05) is 6.61 Å². The Labute approximate surface area is 87.8 Å². The Morgan fingerprint density at radius 1 is 1.38 bits per heavy atom. The predicted octanol–water partition coefficient (Wildman–Crippen LogP) is 3.18. The van der Waals surface area contributed by atoms with E-state index in [1.54, 1.807) is 13.8 Å². The van der Waals surface area contributed by atoms with E-state index in [9.17, 15) is 4.79 Å². The number of allylic oxidation sites excluding steroid dienone is 3. The summed E-state index contributed by atoms with van der Waals surface area (Å²) in [7, 11) is 0. The van der Waals surface area contributed by atoms with Gasteiger partial charge >= 0.3 is 5.97 Å². The highest BCUT2D eigenvalue weighted by Crippen LogP contribution is 2.12. The van der Waals surface area contributed by atoms with Crippen LogP contribution in [0.3, 0.4) is 0 Å². The molecule has 0 saturated carbocycles. The van der Waals surface area contributed by atoms with Crippen LogP contribution in [0.2, 0.25) is 0 Å². The first-order valence-corrected chi connectivity index (χ1v) is 4.96. The first-order valence-electron chi connectivity index (χ1n) is 4.17. The molecule has 0 aromatic heterocycles. The van der Waals surface area contributed by atoms with Gasteiger partial charge in [0.1, 0.15) is 0 Å². The molecule has 0 bridgehead atoms. The second-order valence-corrected chi connectivity index (χ2v) is 4.01. The summed E-state index contributed by atoms with van der Waals surface area (Å²) >= 11 is 3.31. The normalized spacial score (nSPS) is 13.8. The Kier molecular flexibility index (Phi) is 5.71. The summed E-state index contributed by atoms with van der Waals surface area (Å²) in [4.78, 5) is 11.2. The van der Waals surface area contributed by atoms with Crippen LogP contribution in [0.1, 0.15) is 27.7 Å². The largest absolute Gasteiger partial charge is 0.463 e. The topological polar surface area (TPSA) is 26.3 Å². The van der Waals surface area contributed by atoms with Crippen LogP contribution < -0.4 is 0 Å². The lowest BCUT2D eigenvalue weighted by Gasteiger charge is -2.03. The van der Waals surface area contributed by atoms with Gasteiger partial charge in [0.15, 0.2) is 0 Å². The predicted molar refractivity (Wildman–Crippen MR) is 57.7 cm³/mol. The van der Waals surface area contributed by atoms with Gasteiger partial charge in [0.2, 0.25) is 0 Å². The quantitative estimate of drug-likeness (QED) is 0.435. The zero-order chi connectivity index (χ0) is 10.4. The maximum atomic E-state index is 11.2. The van der Waals surface area contributed by atoms with E-state index in [0.717, 1.165) is 10.1 Å². The number of carbonyl (C=O) groups excluding carboxylic acids is 1. The van der Waals surface area contributed by atoms with Crippen LogP contribution in [0.15, 0.2) is 21.7 Å². The monoisotopic (exact) mass is 246 g/mol. The van der Waals surface area contributed by atoms with Crippen molar-refractivity contribution in [3.05, 3.63) is 21.7 Å². The Hall–Kier alpha value is -0.570. The van der Waals surface area contributed by atoms with Gasteiger partial charge < -0.3 is 4.74 Å². The highest BCUT2D eigenvalue weighted by atomic mass is 79.9. The molecule has 0 amide bonds. The van der Waals surface area contributed by atoms with E-state index in [0.29, 0.717) is 12.2 Å². The van der Waals surface area contributed by atoms with E-state index < -0.39 is 0 Å². The molecule has 74 valence electrons. The lowest BCUT2D eigenvalue weighted by molar-refractivity contribution is -0.138. The minimum atomic E-state index is -0.245. The van der Waals surface area contributed by atoms with Crippen molar-refractivity contribution in [1.29, 1.82) is 0 Å². The zero-order valence-corrected chi connectivity index (χ0v) is 10.1. The van der Waals surface area contributed by atoms with Gasteiger partial charge in [0.05, 0.1) is 6.61 Å². The van der Waals surface area contributed by atoms with Gasteiger partial charge in [-0.15, -0.1) is 0 Å². The summed E-state index contributed by atoms with van der Waals surface area (Å²) in [5, 5.41) is 0. The SMILES string of the molecule is CCOC(=O)/C(C)=C(C)\C=C(/C)Br. The summed E-state index contributed by atoms with van der Waals surface area (Å²) in [6, 6.07) is 0. The molecular weight excluding hydrogens is 232 g/mol. The molecule has 0 aliphatic heterocycles. The maximum absolute atomic E-state index is 11.2. The van der Waals surface area contributed by atoms with Crippen molar-refractivity contribution in [3.63, 3.8) is 0 Å². The summed E-state index contributed by atoms with van der Waals surface area (Å²) in [6.45, 7) is 7.78. The van der Waals surface area contributed by atoms with E-state index in [4.69, 9.17) is 4.74 Å². The molecule has 0 aliphatic rings. The molecular formula is C10H15BrO2. The van der Waals surface area contributed by atoms with Gasteiger partial charge in [-0.1, -0.05) is 15.9 Å². The fraction of sp³-hybridized carbons (Fsp3) is 0.500. The van der Waals surface area contributed by atoms with Gasteiger partial charge in [0.25, 0.3) is 0 Å². The number of hydrogen-bond donors (Lipinski definition) is 0. The first-order chi connectivity index (χ1) is 5.99. The standard InChI is InChI=1S/C10H15BrO2/c1-5-13-10(12)9(4)7(2)6-8(3)11/h6H,5H2,1-4H3/b8-6+,9-7-. The average molecular weight is 247 g/mol. The third-order valence-electron chi connectivity index (χ3n) is 1.59. The molecule has 0 heterocycles. The highest BCUT2D eigenvalue weighted by molar-refractivity contribution is 9.11. The molecule has 0 N–H and O–H groups in total. The lowest BCUT2D eigenvalue weighted by Crippen LogP contribution is -2.06. The summed E-state index contributed by atoms with van der Waals surface area (Å²) in [5.74, 6) is -0.245. The van der Waals surface area contributed by atoms with Crippen molar-refractivity contribution in [3.8, 4) is 0 Å². The minimum absolute atomic E-state index is 0.245. The number of ether oxygens (including phenoxy) is 1. The fourth-order valence-corrected chi connectivity index (χ4v) is 1.15. The Morgan fingerprint density at radius 3 is 2.31 bits per heavy atom. The summed E-state index contributed by atoms with van der Waals surface area (Å²) in [5.41, 5.74) is 1.58. The van der Waals surface area contributed by atoms with Crippen molar-refractivity contribution in [1.82, 2.24) is 0 Å². The minimum Gasteiger partial charge on any atom is -0.463 e. The molecule has 0 spiro atoms. The molecule has 0 aromatic carbocycles. The van der Waals surface area contributed by atoms with Crippen molar-refractivity contribution in [2.45, 2.75) is 27.7 Å². The van der Waals surface area contributed by atoms with Crippen LogP contribution in [0.5, 0.6) is 0 Å². The summed E-state index contributed by atoms with van der Waals surface area (Å²) < 4.78 is 5.86. The molecule has 0 radical (unpaired) electrons. The van der Waals surface area contributed by atoms with Crippen LogP contribution in [-0.2, 0) is 9.53 Å². The molecule has 3 heteroatoms. The Balaban J connectivity index is 4.61. The molecule has 0 fully saturated rings. The lowest BCUT2D eigenvalue weighted by atomic mass is 10.1. The van der Waals surface area contributed by atoms with Gasteiger partial charge in [-0.2, -0.15) is 0 Å². The molecule has 0 rings (SSSR count). The van der Waals surface area contributed by atoms with Crippen LogP contribution in [0, 0.1) is 0 Å². The van der Waals surface area contributed by atoms with Crippen molar-refractivity contribution >= 4 is 21.9 Å². The number of halogens is 1. The molecule has 0 atom stereocenters. The molecule has 2 nitrogen and oxygen atoms in total. The van der Waals surface area contributed by atoms with E-state index >= 15 is 0 Å². The van der Waals surface area contributed by atoms with Gasteiger partial charge in [-0.05, 0) is 43.8 Å². The summed E-state index contributed by atoms with van der Waals surface area (Å²) in [6.07, 6.45) is 1.90. The van der Waals surface area contributed by atoms with Crippen molar-refractivity contribution < 1.29 is 9.53 Å². The van der Waals surface area contributed by atoms with Gasteiger partial charge in [-0.3, -0.25) is 0 Å². The second kappa shape index (κ2) is 5.97. The van der Waals surface area contributed by atoms with E-state index in [1.807, 2.05) is 19.9 Å². The van der Waals surface area contributed by atoms with Crippen molar-refractivity contribution in [2.24, 2.45) is 0 Å².